The van der Waals surface area contributed by atoms with Gasteiger partial charge in [-0.25, -0.2) is 4.79 Å². The molecule has 23 heavy (non-hydrogen) atoms. The maximum atomic E-state index is 12.3. The Balaban J connectivity index is 2.00. The van der Waals surface area contributed by atoms with E-state index in [0.717, 1.165) is 36.2 Å². The fourth-order valence-electron chi connectivity index (χ4n) is 3.23. The number of carbonyl (C=O) groups excluding carboxylic acids is 1. The van der Waals surface area contributed by atoms with Gasteiger partial charge >= 0.3 is 12.0 Å². The van der Waals surface area contributed by atoms with Crippen LogP contribution in [0.5, 0.6) is 0 Å². The Morgan fingerprint density at radius 2 is 2.09 bits per heavy atom. The van der Waals surface area contributed by atoms with E-state index in [1.807, 2.05) is 11.7 Å². The second kappa shape index (κ2) is 7.48. The van der Waals surface area contributed by atoms with E-state index in [9.17, 15) is 9.59 Å². The quantitative estimate of drug-likeness (QED) is 0.861. The molecule has 2 amide bonds. The van der Waals surface area contributed by atoms with Crippen molar-refractivity contribution in [2.45, 2.75) is 46.1 Å². The number of urea groups is 1. The van der Waals surface area contributed by atoms with Gasteiger partial charge in [0.15, 0.2) is 0 Å². The molecule has 1 aromatic heterocycles. The number of hydrogen-bond acceptors (Lipinski definition) is 3. The third kappa shape index (κ3) is 3.83. The molecule has 128 valence electrons. The third-order valence-corrected chi connectivity index (χ3v) is 4.50. The average molecular weight is 322 g/mol. The summed E-state index contributed by atoms with van der Waals surface area (Å²) < 4.78 is 1.88. The van der Waals surface area contributed by atoms with Gasteiger partial charge < -0.3 is 15.3 Å². The van der Waals surface area contributed by atoms with Gasteiger partial charge in [-0.15, -0.1) is 0 Å². The van der Waals surface area contributed by atoms with E-state index >= 15 is 0 Å². The predicted octanol–water partition coefficient (Wildman–Crippen LogP) is 1.55. The summed E-state index contributed by atoms with van der Waals surface area (Å²) in [5, 5.41) is 16.5. The van der Waals surface area contributed by atoms with Crippen molar-refractivity contribution in [2.24, 2.45) is 13.0 Å². The van der Waals surface area contributed by atoms with Crippen molar-refractivity contribution in [3.05, 3.63) is 17.0 Å². The zero-order chi connectivity index (χ0) is 17.0. The lowest BCUT2D eigenvalue weighted by Crippen LogP contribution is -2.46. The van der Waals surface area contributed by atoms with Crippen LogP contribution in [0.25, 0.3) is 0 Å². The molecule has 2 rings (SSSR count). The van der Waals surface area contributed by atoms with Gasteiger partial charge in [0.05, 0.1) is 11.6 Å². The molecule has 0 radical (unpaired) electrons. The van der Waals surface area contributed by atoms with Crippen LogP contribution in [0, 0.1) is 5.92 Å². The molecule has 0 bridgehead atoms. The Morgan fingerprint density at radius 3 is 2.70 bits per heavy atom. The van der Waals surface area contributed by atoms with Gasteiger partial charge in [-0.3, -0.25) is 9.48 Å². The number of rotatable bonds is 5. The molecule has 1 atom stereocenters. The highest BCUT2D eigenvalue weighted by atomic mass is 16.4. The van der Waals surface area contributed by atoms with Crippen LogP contribution >= 0.6 is 0 Å². The Hall–Kier alpha value is -2.05. The molecule has 1 aliphatic rings. The van der Waals surface area contributed by atoms with E-state index in [2.05, 4.69) is 24.3 Å². The van der Waals surface area contributed by atoms with Gasteiger partial charge in [0.2, 0.25) is 0 Å². The predicted molar refractivity (Wildman–Crippen MR) is 86.1 cm³/mol. The molecular formula is C16H26N4O3. The van der Waals surface area contributed by atoms with Crippen molar-refractivity contribution in [1.29, 1.82) is 0 Å². The molecule has 0 spiro atoms. The minimum absolute atomic E-state index is 0.191. The summed E-state index contributed by atoms with van der Waals surface area (Å²) in [4.78, 5) is 25.0. The minimum Gasteiger partial charge on any atom is -0.481 e. The molecule has 1 aromatic rings. The highest BCUT2D eigenvalue weighted by Gasteiger charge is 2.28. The smallest absolute Gasteiger partial charge is 0.317 e. The number of aromatic nitrogens is 2. The number of piperidine rings is 1. The fourth-order valence-corrected chi connectivity index (χ4v) is 3.23. The Kier molecular flexibility index (Phi) is 5.63. The number of aliphatic carboxylic acids is 1. The van der Waals surface area contributed by atoms with Gasteiger partial charge in [-0.1, -0.05) is 13.8 Å². The fraction of sp³-hybridized carbons (Fsp3) is 0.688. The summed E-state index contributed by atoms with van der Waals surface area (Å²) in [6.45, 7) is 5.46. The monoisotopic (exact) mass is 322 g/mol. The number of likely N-dealkylation sites (tertiary alicyclic amines) is 1. The molecule has 0 aliphatic carbocycles. The van der Waals surface area contributed by atoms with E-state index in [-0.39, 0.29) is 12.6 Å². The molecule has 2 N–H and O–H groups in total. The van der Waals surface area contributed by atoms with Crippen LogP contribution in [0.1, 0.15) is 43.6 Å². The number of carboxylic acid groups (broad SMARTS) is 1. The summed E-state index contributed by atoms with van der Waals surface area (Å²) in [6.07, 6.45) is 3.06. The highest BCUT2D eigenvalue weighted by Crippen LogP contribution is 2.18. The molecule has 0 aromatic carbocycles. The molecule has 7 heteroatoms. The van der Waals surface area contributed by atoms with Crippen molar-refractivity contribution >= 4 is 12.0 Å². The average Bonchev–Trinajstić information content (AvgIpc) is 2.87. The van der Waals surface area contributed by atoms with Crippen LogP contribution in [0.15, 0.2) is 0 Å². The number of carboxylic acids is 1. The van der Waals surface area contributed by atoms with Crippen molar-refractivity contribution in [1.82, 2.24) is 20.0 Å². The molecule has 0 saturated carbocycles. The highest BCUT2D eigenvalue weighted by molar-refractivity contribution is 5.76. The summed E-state index contributed by atoms with van der Waals surface area (Å²) in [6, 6.07) is -0.191. The zero-order valence-electron chi connectivity index (χ0n) is 14.1. The van der Waals surface area contributed by atoms with Crippen molar-refractivity contribution in [2.75, 3.05) is 13.1 Å². The lowest BCUT2D eigenvalue weighted by molar-refractivity contribution is -0.143. The van der Waals surface area contributed by atoms with E-state index in [0.29, 0.717) is 19.5 Å². The maximum absolute atomic E-state index is 12.3. The number of nitrogens with one attached hydrogen (secondary N) is 1. The zero-order valence-corrected chi connectivity index (χ0v) is 14.1. The van der Waals surface area contributed by atoms with Crippen LogP contribution < -0.4 is 5.32 Å². The maximum Gasteiger partial charge on any atom is 0.317 e. The largest absolute Gasteiger partial charge is 0.481 e. The molecule has 1 saturated heterocycles. The van der Waals surface area contributed by atoms with Gasteiger partial charge in [0.1, 0.15) is 0 Å². The van der Waals surface area contributed by atoms with Gasteiger partial charge in [-0.05, 0) is 25.7 Å². The first kappa shape index (κ1) is 17.3. The van der Waals surface area contributed by atoms with Crippen molar-refractivity contribution in [3.63, 3.8) is 0 Å². The van der Waals surface area contributed by atoms with Gasteiger partial charge in [-0.2, -0.15) is 5.10 Å². The second-order valence-corrected chi connectivity index (χ2v) is 5.98. The van der Waals surface area contributed by atoms with Crippen LogP contribution in [-0.4, -0.2) is 44.9 Å². The molecule has 7 nitrogen and oxygen atoms in total. The standard InChI is InChI=1S/C16H26N4O3/c1-4-13-12(14(5-2)19(3)18-13)9-17-16(23)20-8-6-7-11(10-20)15(21)22/h11H,4-10H2,1-3H3,(H,17,23)(H,21,22). The van der Waals surface area contributed by atoms with Gasteiger partial charge in [0, 0.05) is 37.9 Å². The molecule has 1 fully saturated rings. The number of nitrogens with zero attached hydrogens (tertiary/aromatic N) is 3. The molecular weight excluding hydrogens is 296 g/mol. The second-order valence-electron chi connectivity index (χ2n) is 5.98. The number of hydrogen-bond donors (Lipinski definition) is 2. The van der Waals surface area contributed by atoms with Crippen LogP contribution in [-0.2, 0) is 31.2 Å². The van der Waals surface area contributed by atoms with E-state index in [1.165, 1.54) is 0 Å². The van der Waals surface area contributed by atoms with Crippen LogP contribution in [0.3, 0.4) is 0 Å². The first-order valence-electron chi connectivity index (χ1n) is 8.27. The van der Waals surface area contributed by atoms with Crippen LogP contribution in [0.2, 0.25) is 0 Å². The summed E-state index contributed by atoms with van der Waals surface area (Å²) in [7, 11) is 1.92. The van der Waals surface area contributed by atoms with E-state index in [4.69, 9.17) is 5.11 Å². The summed E-state index contributed by atoms with van der Waals surface area (Å²) >= 11 is 0. The summed E-state index contributed by atoms with van der Waals surface area (Å²) in [5.74, 6) is -1.28. The third-order valence-electron chi connectivity index (χ3n) is 4.50. The van der Waals surface area contributed by atoms with E-state index in [1.54, 1.807) is 4.90 Å². The topological polar surface area (TPSA) is 87.5 Å². The lowest BCUT2D eigenvalue weighted by atomic mass is 9.99. The Bertz CT molecular complexity index is 582. The first-order chi connectivity index (χ1) is 11.0. The normalized spacial score (nSPS) is 18.0. The SMILES string of the molecule is CCc1nn(C)c(CC)c1CNC(=O)N1CCCC(C(=O)O)C1. The number of aryl methyl sites for hydroxylation is 2. The summed E-state index contributed by atoms with van der Waals surface area (Å²) in [5.41, 5.74) is 3.22. The minimum atomic E-state index is -0.823. The van der Waals surface area contributed by atoms with E-state index < -0.39 is 11.9 Å². The van der Waals surface area contributed by atoms with Crippen molar-refractivity contribution in [3.8, 4) is 0 Å². The Labute approximate surface area is 136 Å². The Morgan fingerprint density at radius 1 is 1.35 bits per heavy atom. The first-order valence-corrected chi connectivity index (χ1v) is 8.27. The van der Waals surface area contributed by atoms with Crippen molar-refractivity contribution < 1.29 is 14.7 Å². The van der Waals surface area contributed by atoms with Gasteiger partial charge in [0.25, 0.3) is 0 Å². The molecule has 1 unspecified atom stereocenters. The number of amides is 2. The molecule has 2 heterocycles. The lowest BCUT2D eigenvalue weighted by Gasteiger charge is -2.30. The molecule has 1 aliphatic heterocycles. The number of carbonyl (C=O) groups is 2. The van der Waals surface area contributed by atoms with Crippen LogP contribution in [0.4, 0.5) is 4.79 Å².